The number of nitro groups is 1. The molecule has 0 aromatic heterocycles. The molecule has 9 heavy (non-hydrogen) atoms. The molecular weight excluding hydrogens is 122 g/mol. The molecule has 5 heteroatoms. The predicted octanol–water partition coefficient (Wildman–Crippen LogP) is 0.0920. The van der Waals surface area contributed by atoms with Gasteiger partial charge in [-0.1, -0.05) is 0 Å². The van der Waals surface area contributed by atoms with Gasteiger partial charge in [-0.2, -0.15) is 4.99 Å². The Morgan fingerprint density at radius 1 is 1.78 bits per heavy atom. The average Bonchev–Trinajstić information content (AvgIpc) is 2.16. The summed E-state index contributed by atoms with van der Waals surface area (Å²) in [6, 6.07) is 0. The Bertz CT molecular complexity index is 184. The topological polar surface area (TPSA) is 67.9 Å². The highest BCUT2D eigenvalue weighted by molar-refractivity contribution is 5.83. The Balaban J connectivity index is 2.88. The molecule has 0 radical (unpaired) electrons. The predicted molar refractivity (Wildman–Crippen MR) is 32.4 cm³/mol. The van der Waals surface area contributed by atoms with E-state index in [0.717, 1.165) is 0 Å². The van der Waals surface area contributed by atoms with Crippen LogP contribution in [0.5, 0.6) is 0 Å². The maximum Gasteiger partial charge on any atom is 0.347 e. The molecule has 5 nitrogen and oxygen atoms in total. The van der Waals surface area contributed by atoms with Crippen LogP contribution in [0.4, 0.5) is 0 Å². The lowest BCUT2D eigenvalue weighted by Crippen LogP contribution is -2.31. The molecule has 1 rings (SSSR count). The first-order chi connectivity index (χ1) is 4.15. The number of nitrogens with zero attached hydrogens (tertiary/aromatic N) is 3. The van der Waals surface area contributed by atoms with E-state index in [1.807, 2.05) is 0 Å². The molecule has 0 amide bonds. The lowest BCUT2D eigenvalue weighted by molar-refractivity contribution is -0.538. The summed E-state index contributed by atoms with van der Waals surface area (Å²) in [5.74, 6) is 0. The number of aliphatic imine (C=N–C) groups is 2. The summed E-state index contributed by atoms with van der Waals surface area (Å²) in [7, 11) is 0. The monoisotopic (exact) mass is 127 g/mol. The van der Waals surface area contributed by atoms with Crippen LogP contribution in [0.1, 0.15) is 6.92 Å². The van der Waals surface area contributed by atoms with Crippen LogP contribution < -0.4 is 0 Å². The fraction of sp³-hybridized carbons (Fsp3) is 0.500. The van der Waals surface area contributed by atoms with Crippen molar-refractivity contribution < 1.29 is 4.92 Å². The van der Waals surface area contributed by atoms with Gasteiger partial charge in [-0.3, -0.25) is 10.1 Å². The molecular formula is C4H5N3O2. The maximum atomic E-state index is 10.1. The van der Waals surface area contributed by atoms with Crippen molar-refractivity contribution in [1.29, 1.82) is 0 Å². The molecule has 48 valence electrons. The fourth-order valence-electron chi connectivity index (χ4n) is 0.452. The molecule has 1 heterocycles. The SMILES string of the molecule is CC1([N+](=O)[O-])C=NC=N1. The normalized spacial score (nSPS) is 31.2. The van der Waals surface area contributed by atoms with Crippen LogP contribution >= 0.6 is 0 Å². The first-order valence-electron chi connectivity index (χ1n) is 2.38. The highest BCUT2D eigenvalue weighted by Crippen LogP contribution is 2.10. The summed E-state index contributed by atoms with van der Waals surface area (Å²) < 4.78 is 0. The first-order valence-corrected chi connectivity index (χ1v) is 2.38. The van der Waals surface area contributed by atoms with Gasteiger partial charge in [-0.25, -0.2) is 4.99 Å². The molecule has 0 N–H and O–H groups in total. The minimum atomic E-state index is -1.31. The summed E-state index contributed by atoms with van der Waals surface area (Å²) in [4.78, 5) is 16.7. The Labute approximate surface area is 51.3 Å². The Hall–Kier alpha value is -1.26. The smallest absolute Gasteiger partial charge is 0.262 e. The zero-order chi connectivity index (χ0) is 6.91. The van der Waals surface area contributed by atoms with Gasteiger partial charge in [0.25, 0.3) is 0 Å². The second-order valence-corrected chi connectivity index (χ2v) is 1.87. The number of hydrogen-bond acceptors (Lipinski definition) is 4. The maximum absolute atomic E-state index is 10.1. The minimum Gasteiger partial charge on any atom is -0.262 e. The van der Waals surface area contributed by atoms with E-state index in [-0.39, 0.29) is 0 Å². The summed E-state index contributed by atoms with van der Waals surface area (Å²) in [5.41, 5.74) is -1.31. The second kappa shape index (κ2) is 1.61. The largest absolute Gasteiger partial charge is 0.347 e. The van der Waals surface area contributed by atoms with Crippen molar-refractivity contribution in [3.8, 4) is 0 Å². The van der Waals surface area contributed by atoms with Gasteiger partial charge in [0, 0.05) is 6.92 Å². The fourth-order valence-corrected chi connectivity index (χ4v) is 0.452. The first kappa shape index (κ1) is 5.87. The summed E-state index contributed by atoms with van der Waals surface area (Å²) in [6.45, 7) is 1.39. The molecule has 0 spiro atoms. The number of hydrogen-bond donors (Lipinski definition) is 0. The van der Waals surface area contributed by atoms with E-state index in [0.29, 0.717) is 0 Å². The van der Waals surface area contributed by atoms with Gasteiger partial charge >= 0.3 is 5.66 Å². The standard InChI is InChI=1S/C4H5N3O2/c1-4(7(8)9)2-5-3-6-4/h2-3H,1H3. The van der Waals surface area contributed by atoms with Gasteiger partial charge in [0.2, 0.25) is 0 Å². The van der Waals surface area contributed by atoms with Crippen LogP contribution in [-0.2, 0) is 0 Å². The van der Waals surface area contributed by atoms with Crippen LogP contribution in [0.25, 0.3) is 0 Å². The van der Waals surface area contributed by atoms with Gasteiger partial charge in [-0.15, -0.1) is 0 Å². The van der Waals surface area contributed by atoms with Crippen molar-refractivity contribution in [3.63, 3.8) is 0 Å². The van der Waals surface area contributed by atoms with Crippen molar-refractivity contribution in [3.05, 3.63) is 10.1 Å². The minimum absolute atomic E-state index is 0.486. The average molecular weight is 127 g/mol. The Morgan fingerprint density at radius 3 is 2.67 bits per heavy atom. The van der Waals surface area contributed by atoms with Gasteiger partial charge in [0.05, 0.1) is 4.92 Å². The zero-order valence-electron chi connectivity index (χ0n) is 4.81. The van der Waals surface area contributed by atoms with Crippen molar-refractivity contribution in [1.82, 2.24) is 0 Å². The summed E-state index contributed by atoms with van der Waals surface area (Å²) in [5, 5.41) is 10.1. The molecule has 0 saturated heterocycles. The van der Waals surface area contributed by atoms with Crippen LogP contribution in [0.2, 0.25) is 0 Å². The van der Waals surface area contributed by atoms with Crippen molar-refractivity contribution in [2.75, 3.05) is 0 Å². The van der Waals surface area contributed by atoms with Gasteiger partial charge in [0.15, 0.2) is 0 Å². The molecule has 0 saturated carbocycles. The lowest BCUT2D eigenvalue weighted by atomic mass is 10.3. The Morgan fingerprint density at radius 2 is 2.44 bits per heavy atom. The molecule has 1 aliphatic rings. The molecule has 1 atom stereocenters. The number of rotatable bonds is 1. The third kappa shape index (κ3) is 0.802. The third-order valence-electron chi connectivity index (χ3n) is 1.07. The quantitative estimate of drug-likeness (QED) is 0.370. The van der Waals surface area contributed by atoms with Crippen LogP contribution in [0.3, 0.4) is 0 Å². The van der Waals surface area contributed by atoms with Crippen molar-refractivity contribution >= 4 is 12.6 Å². The zero-order valence-corrected chi connectivity index (χ0v) is 4.81. The van der Waals surface area contributed by atoms with Crippen LogP contribution in [-0.4, -0.2) is 23.1 Å². The third-order valence-corrected chi connectivity index (χ3v) is 1.07. The van der Waals surface area contributed by atoms with Gasteiger partial charge < -0.3 is 0 Å². The van der Waals surface area contributed by atoms with E-state index in [2.05, 4.69) is 9.98 Å². The van der Waals surface area contributed by atoms with E-state index in [1.165, 1.54) is 19.5 Å². The molecule has 1 aliphatic heterocycles. The molecule has 1 unspecified atom stereocenters. The highest BCUT2D eigenvalue weighted by atomic mass is 16.6. The van der Waals surface area contributed by atoms with E-state index < -0.39 is 10.6 Å². The molecule has 0 aliphatic carbocycles. The van der Waals surface area contributed by atoms with Crippen LogP contribution in [0, 0.1) is 10.1 Å². The molecule has 0 bridgehead atoms. The highest BCUT2D eigenvalue weighted by Gasteiger charge is 2.35. The molecule has 0 fully saturated rings. The van der Waals surface area contributed by atoms with Gasteiger partial charge in [-0.05, 0) is 0 Å². The van der Waals surface area contributed by atoms with E-state index in [1.54, 1.807) is 0 Å². The molecule has 0 aromatic rings. The second-order valence-electron chi connectivity index (χ2n) is 1.87. The Kier molecular flexibility index (Phi) is 1.05. The van der Waals surface area contributed by atoms with E-state index in [4.69, 9.17) is 0 Å². The van der Waals surface area contributed by atoms with Crippen LogP contribution in [0.15, 0.2) is 9.98 Å². The molecule has 0 aromatic carbocycles. The lowest BCUT2D eigenvalue weighted by Gasteiger charge is -2.04. The van der Waals surface area contributed by atoms with Crippen molar-refractivity contribution in [2.24, 2.45) is 9.98 Å². The van der Waals surface area contributed by atoms with Gasteiger partial charge in [0.1, 0.15) is 12.6 Å². The van der Waals surface area contributed by atoms with E-state index >= 15 is 0 Å². The van der Waals surface area contributed by atoms with E-state index in [9.17, 15) is 10.1 Å². The summed E-state index contributed by atoms with van der Waals surface area (Å²) >= 11 is 0. The summed E-state index contributed by atoms with van der Waals surface area (Å²) in [6.07, 6.45) is 2.38. The van der Waals surface area contributed by atoms with Crippen molar-refractivity contribution in [2.45, 2.75) is 12.6 Å².